The topological polar surface area (TPSA) is 3.24 Å². The third-order valence-electron chi connectivity index (χ3n) is 6.31. The highest BCUT2D eigenvalue weighted by Crippen LogP contribution is 2.42. The number of fused-ring (bicyclic) bond motifs is 2. The van der Waals surface area contributed by atoms with Crippen molar-refractivity contribution in [3.63, 3.8) is 0 Å². The SMILES string of the molecule is CN1[C@@H]2CC[C@H]1CC(CC(c1ccc(F)cc1)c1ccc(F)cc1)C2. The second-order valence-corrected chi connectivity index (χ2v) is 7.78. The second-order valence-electron chi connectivity index (χ2n) is 7.78. The standard InChI is InChI=1S/C22H25F2N/c1-25-20-10-11-21(25)13-15(12-20)14-22(16-2-6-18(23)7-3-16)17-4-8-19(24)9-5-17/h2-9,15,20-22H,10-14H2,1H3/t15?,20-,21+. The summed E-state index contributed by atoms with van der Waals surface area (Å²) in [6.07, 6.45) is 6.17. The minimum Gasteiger partial charge on any atom is -0.300 e. The van der Waals surface area contributed by atoms with Crippen molar-refractivity contribution >= 4 is 0 Å². The van der Waals surface area contributed by atoms with Gasteiger partial charge in [0, 0.05) is 18.0 Å². The zero-order valence-corrected chi connectivity index (χ0v) is 14.7. The molecule has 0 aromatic heterocycles. The largest absolute Gasteiger partial charge is 0.300 e. The molecule has 1 unspecified atom stereocenters. The van der Waals surface area contributed by atoms with Crippen molar-refractivity contribution in [2.24, 2.45) is 5.92 Å². The van der Waals surface area contributed by atoms with Crippen LogP contribution in [0.5, 0.6) is 0 Å². The molecule has 0 amide bonds. The molecule has 2 aromatic carbocycles. The Morgan fingerprint density at radius 2 is 1.28 bits per heavy atom. The maximum absolute atomic E-state index is 13.4. The van der Waals surface area contributed by atoms with Crippen LogP contribution in [0.1, 0.15) is 49.1 Å². The van der Waals surface area contributed by atoms with Crippen molar-refractivity contribution in [2.45, 2.75) is 50.1 Å². The van der Waals surface area contributed by atoms with Gasteiger partial charge < -0.3 is 4.90 Å². The van der Waals surface area contributed by atoms with Gasteiger partial charge in [0.2, 0.25) is 0 Å². The van der Waals surface area contributed by atoms with E-state index in [4.69, 9.17) is 0 Å². The maximum atomic E-state index is 13.4. The van der Waals surface area contributed by atoms with Crippen molar-refractivity contribution in [1.29, 1.82) is 0 Å². The van der Waals surface area contributed by atoms with Crippen LogP contribution in [0.15, 0.2) is 48.5 Å². The Balaban J connectivity index is 1.59. The van der Waals surface area contributed by atoms with E-state index in [0.29, 0.717) is 18.0 Å². The van der Waals surface area contributed by atoms with E-state index in [1.54, 1.807) is 0 Å². The molecular weight excluding hydrogens is 316 g/mol. The molecule has 0 spiro atoms. The second kappa shape index (κ2) is 6.87. The molecule has 2 aliphatic rings. The third kappa shape index (κ3) is 3.48. The van der Waals surface area contributed by atoms with Crippen molar-refractivity contribution in [1.82, 2.24) is 4.90 Å². The van der Waals surface area contributed by atoms with Crippen molar-refractivity contribution in [2.75, 3.05) is 7.05 Å². The summed E-state index contributed by atoms with van der Waals surface area (Å²) in [4.78, 5) is 2.56. The fourth-order valence-electron chi connectivity index (χ4n) is 4.90. The molecule has 2 aromatic rings. The van der Waals surface area contributed by atoms with Crippen LogP contribution in [0.4, 0.5) is 8.78 Å². The van der Waals surface area contributed by atoms with Gasteiger partial charge >= 0.3 is 0 Å². The lowest BCUT2D eigenvalue weighted by Gasteiger charge is -2.38. The Morgan fingerprint density at radius 3 is 1.72 bits per heavy atom. The highest BCUT2D eigenvalue weighted by molar-refractivity contribution is 5.33. The molecule has 0 N–H and O–H groups in total. The highest BCUT2D eigenvalue weighted by Gasteiger charge is 2.39. The van der Waals surface area contributed by atoms with Gasteiger partial charge in [0.25, 0.3) is 0 Å². The van der Waals surface area contributed by atoms with E-state index in [1.165, 1.54) is 49.9 Å². The lowest BCUT2D eigenvalue weighted by atomic mass is 9.78. The van der Waals surface area contributed by atoms with Crippen LogP contribution in [0, 0.1) is 17.6 Å². The molecule has 0 saturated carbocycles. The van der Waals surface area contributed by atoms with Crippen LogP contribution in [0.3, 0.4) is 0 Å². The molecule has 2 aliphatic heterocycles. The van der Waals surface area contributed by atoms with Crippen LogP contribution in [-0.2, 0) is 0 Å². The van der Waals surface area contributed by atoms with Gasteiger partial charge in [0.05, 0.1) is 0 Å². The molecule has 2 bridgehead atoms. The van der Waals surface area contributed by atoms with Gasteiger partial charge in [-0.15, -0.1) is 0 Å². The van der Waals surface area contributed by atoms with E-state index in [1.807, 2.05) is 24.3 Å². The number of hydrogen-bond donors (Lipinski definition) is 0. The molecular formula is C22H25F2N. The number of benzene rings is 2. The predicted octanol–water partition coefficient (Wildman–Crippen LogP) is 5.36. The maximum Gasteiger partial charge on any atom is 0.123 e. The fraction of sp³-hybridized carbons (Fsp3) is 0.455. The molecule has 3 atom stereocenters. The lowest BCUT2D eigenvalue weighted by Crippen LogP contribution is -2.40. The molecule has 4 rings (SSSR count). The summed E-state index contributed by atoms with van der Waals surface area (Å²) < 4.78 is 26.7. The lowest BCUT2D eigenvalue weighted by molar-refractivity contribution is 0.127. The van der Waals surface area contributed by atoms with Crippen molar-refractivity contribution < 1.29 is 8.78 Å². The average Bonchev–Trinajstić information content (AvgIpc) is 2.83. The number of piperidine rings is 1. The molecule has 1 nitrogen and oxygen atoms in total. The van der Waals surface area contributed by atoms with Gasteiger partial charge in [-0.2, -0.15) is 0 Å². The van der Waals surface area contributed by atoms with E-state index in [-0.39, 0.29) is 17.6 Å². The summed E-state index contributed by atoms with van der Waals surface area (Å²) >= 11 is 0. The number of hydrogen-bond acceptors (Lipinski definition) is 1. The predicted molar refractivity (Wildman–Crippen MR) is 96.6 cm³/mol. The molecule has 132 valence electrons. The Labute approximate surface area is 148 Å². The molecule has 2 saturated heterocycles. The van der Waals surface area contributed by atoms with Gasteiger partial charge in [-0.1, -0.05) is 24.3 Å². The summed E-state index contributed by atoms with van der Waals surface area (Å²) in [5, 5.41) is 0. The first-order valence-corrected chi connectivity index (χ1v) is 9.33. The first-order valence-electron chi connectivity index (χ1n) is 9.33. The van der Waals surface area contributed by atoms with E-state index >= 15 is 0 Å². The van der Waals surface area contributed by atoms with E-state index in [2.05, 4.69) is 11.9 Å². The first kappa shape index (κ1) is 16.7. The summed E-state index contributed by atoms with van der Waals surface area (Å²) in [6, 6.07) is 15.1. The third-order valence-corrected chi connectivity index (χ3v) is 6.31. The van der Waals surface area contributed by atoms with E-state index < -0.39 is 0 Å². The van der Waals surface area contributed by atoms with Gasteiger partial charge in [0.1, 0.15) is 11.6 Å². The van der Waals surface area contributed by atoms with Crippen LogP contribution in [0.2, 0.25) is 0 Å². The summed E-state index contributed by atoms with van der Waals surface area (Å²) in [7, 11) is 2.26. The van der Waals surface area contributed by atoms with Crippen LogP contribution in [0.25, 0.3) is 0 Å². The Kier molecular flexibility index (Phi) is 4.60. The Bertz CT molecular complexity index is 650. The molecule has 0 aliphatic carbocycles. The molecule has 2 heterocycles. The summed E-state index contributed by atoms with van der Waals surface area (Å²) in [5.41, 5.74) is 2.25. The van der Waals surface area contributed by atoms with Gasteiger partial charge in [0.15, 0.2) is 0 Å². The van der Waals surface area contributed by atoms with Gasteiger partial charge in [-0.25, -0.2) is 8.78 Å². The van der Waals surface area contributed by atoms with Crippen LogP contribution < -0.4 is 0 Å². The van der Waals surface area contributed by atoms with E-state index in [0.717, 1.165) is 17.5 Å². The monoisotopic (exact) mass is 341 g/mol. The highest BCUT2D eigenvalue weighted by atomic mass is 19.1. The number of halogens is 2. The normalized spacial score (nSPS) is 26.3. The zero-order valence-electron chi connectivity index (χ0n) is 14.7. The first-order chi connectivity index (χ1) is 12.1. The molecule has 25 heavy (non-hydrogen) atoms. The molecule has 2 fully saturated rings. The number of rotatable bonds is 4. The average molecular weight is 341 g/mol. The minimum absolute atomic E-state index is 0.203. The smallest absolute Gasteiger partial charge is 0.123 e. The fourth-order valence-corrected chi connectivity index (χ4v) is 4.90. The van der Waals surface area contributed by atoms with Gasteiger partial charge in [-0.3, -0.25) is 0 Å². The summed E-state index contributed by atoms with van der Waals surface area (Å²) in [6.45, 7) is 0. The van der Waals surface area contributed by atoms with Gasteiger partial charge in [-0.05, 0) is 80.5 Å². The molecule has 0 radical (unpaired) electrons. The minimum atomic E-state index is -0.209. The van der Waals surface area contributed by atoms with Crippen LogP contribution >= 0.6 is 0 Å². The molecule has 3 heteroatoms. The Hall–Kier alpha value is -1.74. The summed E-state index contributed by atoms with van der Waals surface area (Å²) in [5.74, 6) is 0.459. The van der Waals surface area contributed by atoms with Crippen molar-refractivity contribution in [3.8, 4) is 0 Å². The number of nitrogens with zero attached hydrogens (tertiary/aromatic N) is 1. The quantitative estimate of drug-likeness (QED) is 0.723. The van der Waals surface area contributed by atoms with Crippen LogP contribution in [-0.4, -0.2) is 24.0 Å². The van der Waals surface area contributed by atoms with E-state index in [9.17, 15) is 8.78 Å². The zero-order chi connectivity index (χ0) is 17.4. The Morgan fingerprint density at radius 1 is 0.840 bits per heavy atom. The van der Waals surface area contributed by atoms with Crippen molar-refractivity contribution in [3.05, 3.63) is 71.3 Å².